The van der Waals surface area contributed by atoms with Crippen molar-refractivity contribution in [1.29, 1.82) is 0 Å². The normalized spacial score (nSPS) is 11.6. The van der Waals surface area contributed by atoms with Crippen LogP contribution in [0.25, 0.3) is 11.0 Å². The maximum absolute atomic E-state index is 13.5. The molecule has 0 aliphatic rings. The van der Waals surface area contributed by atoms with Crippen LogP contribution in [-0.4, -0.2) is 30.5 Å². The number of amides is 1. The molecule has 7 nitrogen and oxygen atoms in total. The molecular weight excluding hydrogens is 464 g/mol. The average molecular weight is 481 g/mol. The summed E-state index contributed by atoms with van der Waals surface area (Å²) in [6.07, 6.45) is -4.40. The number of aryl methyl sites for hydroxylation is 1. The van der Waals surface area contributed by atoms with Crippen molar-refractivity contribution in [2.75, 3.05) is 5.32 Å². The molecule has 4 aromatic rings. The Hall–Kier alpha value is -3.47. The molecule has 4 rings (SSSR count). The van der Waals surface area contributed by atoms with Gasteiger partial charge in [-0.25, -0.2) is 27.2 Å². The lowest BCUT2D eigenvalue weighted by Gasteiger charge is -2.08. The van der Waals surface area contributed by atoms with Gasteiger partial charge >= 0.3 is 0 Å². The Balaban J connectivity index is 1.54. The quantitative estimate of drug-likeness (QED) is 0.371. The SMILES string of the molecule is Cc1nn(CC(=O)Nc2ccn(Cc3ccccc3Cl)n2)c2nc(C(F)F)cc(C(F)F)c12. The number of aromatic nitrogens is 5. The van der Waals surface area contributed by atoms with Gasteiger partial charge in [0.05, 0.1) is 17.6 Å². The number of pyridine rings is 1. The number of anilines is 1. The fourth-order valence-electron chi connectivity index (χ4n) is 3.44. The zero-order valence-electron chi connectivity index (χ0n) is 17.1. The van der Waals surface area contributed by atoms with Crippen molar-refractivity contribution in [3.63, 3.8) is 0 Å². The molecule has 33 heavy (non-hydrogen) atoms. The molecule has 3 aromatic heterocycles. The van der Waals surface area contributed by atoms with Crippen LogP contribution in [0.3, 0.4) is 0 Å². The summed E-state index contributed by atoms with van der Waals surface area (Å²) in [5, 5.41) is 11.4. The topological polar surface area (TPSA) is 77.6 Å². The first-order valence-corrected chi connectivity index (χ1v) is 10.1. The highest BCUT2D eigenvalue weighted by Gasteiger charge is 2.24. The molecule has 0 atom stereocenters. The van der Waals surface area contributed by atoms with Crippen molar-refractivity contribution in [1.82, 2.24) is 24.5 Å². The summed E-state index contributed by atoms with van der Waals surface area (Å²) in [4.78, 5) is 16.3. The van der Waals surface area contributed by atoms with E-state index in [0.29, 0.717) is 17.6 Å². The minimum atomic E-state index is -3.05. The van der Waals surface area contributed by atoms with Gasteiger partial charge in [0.1, 0.15) is 12.2 Å². The molecule has 172 valence electrons. The van der Waals surface area contributed by atoms with Gasteiger partial charge in [0, 0.05) is 22.8 Å². The number of benzene rings is 1. The second-order valence-corrected chi connectivity index (χ2v) is 7.62. The number of carbonyl (C=O) groups excluding carboxylic acids is 1. The van der Waals surface area contributed by atoms with Crippen LogP contribution in [-0.2, 0) is 17.9 Å². The Kier molecular flexibility index (Phi) is 6.32. The molecule has 0 radical (unpaired) electrons. The van der Waals surface area contributed by atoms with E-state index in [2.05, 4.69) is 20.5 Å². The van der Waals surface area contributed by atoms with Gasteiger partial charge < -0.3 is 5.32 Å². The van der Waals surface area contributed by atoms with Crippen LogP contribution in [0.15, 0.2) is 42.6 Å². The third-order valence-electron chi connectivity index (χ3n) is 4.88. The van der Waals surface area contributed by atoms with Crippen LogP contribution in [0.4, 0.5) is 23.4 Å². The second-order valence-electron chi connectivity index (χ2n) is 7.22. The number of carbonyl (C=O) groups is 1. The van der Waals surface area contributed by atoms with Crippen molar-refractivity contribution in [3.8, 4) is 0 Å². The lowest BCUT2D eigenvalue weighted by molar-refractivity contribution is -0.116. The summed E-state index contributed by atoms with van der Waals surface area (Å²) in [6.45, 7) is 1.40. The minimum absolute atomic E-state index is 0.0498. The van der Waals surface area contributed by atoms with Crippen molar-refractivity contribution >= 4 is 34.4 Å². The average Bonchev–Trinajstić information content (AvgIpc) is 3.32. The van der Waals surface area contributed by atoms with Gasteiger partial charge in [-0.1, -0.05) is 29.8 Å². The van der Waals surface area contributed by atoms with E-state index < -0.39 is 36.6 Å². The van der Waals surface area contributed by atoms with Crippen molar-refractivity contribution in [2.45, 2.75) is 32.9 Å². The number of nitrogens with one attached hydrogen (secondary N) is 1. The van der Waals surface area contributed by atoms with Gasteiger partial charge in [-0.05, 0) is 24.6 Å². The van der Waals surface area contributed by atoms with E-state index in [4.69, 9.17) is 11.6 Å². The largest absolute Gasteiger partial charge is 0.308 e. The summed E-state index contributed by atoms with van der Waals surface area (Å²) in [6, 6.07) is 9.50. The molecular formula is C21H17ClF4N6O. The molecule has 0 aliphatic heterocycles. The molecule has 3 heterocycles. The monoisotopic (exact) mass is 480 g/mol. The van der Waals surface area contributed by atoms with Gasteiger partial charge in [-0.2, -0.15) is 10.2 Å². The fourth-order valence-corrected chi connectivity index (χ4v) is 3.63. The maximum Gasteiger partial charge on any atom is 0.280 e. The van der Waals surface area contributed by atoms with Gasteiger partial charge in [-0.15, -0.1) is 0 Å². The van der Waals surface area contributed by atoms with Crippen molar-refractivity contribution in [2.24, 2.45) is 0 Å². The van der Waals surface area contributed by atoms with Crippen LogP contribution < -0.4 is 5.32 Å². The Labute approximate surface area is 190 Å². The summed E-state index contributed by atoms with van der Waals surface area (Å²) in [5.41, 5.74) is -0.616. The van der Waals surface area contributed by atoms with Crippen LogP contribution in [0, 0.1) is 6.92 Å². The van der Waals surface area contributed by atoms with E-state index in [1.807, 2.05) is 18.2 Å². The van der Waals surface area contributed by atoms with E-state index in [0.717, 1.165) is 10.2 Å². The molecule has 12 heteroatoms. The van der Waals surface area contributed by atoms with Crippen LogP contribution in [0.2, 0.25) is 5.02 Å². The molecule has 0 saturated heterocycles. The van der Waals surface area contributed by atoms with Gasteiger partial charge in [0.25, 0.3) is 12.9 Å². The van der Waals surface area contributed by atoms with E-state index in [9.17, 15) is 22.4 Å². The fraction of sp³-hybridized carbons (Fsp3) is 0.238. The molecule has 0 fully saturated rings. The highest BCUT2D eigenvalue weighted by molar-refractivity contribution is 6.31. The Bertz CT molecular complexity index is 1320. The van der Waals surface area contributed by atoms with Crippen LogP contribution >= 0.6 is 11.6 Å². The standard InChI is InChI=1S/C21H17ClF4N6O/c1-11-18-13(19(23)24)8-15(20(25)26)27-21(18)32(29-11)10-17(33)28-16-6-7-31(30-16)9-12-4-2-3-5-14(12)22/h2-8,19-20H,9-10H2,1H3,(H,28,30,33). The number of rotatable bonds is 7. The van der Waals surface area contributed by atoms with Gasteiger partial charge in [-0.3, -0.25) is 9.48 Å². The van der Waals surface area contributed by atoms with E-state index in [1.165, 1.54) is 6.92 Å². The first-order chi connectivity index (χ1) is 15.7. The molecule has 0 bridgehead atoms. The Morgan fingerprint density at radius 1 is 1.12 bits per heavy atom. The summed E-state index contributed by atoms with van der Waals surface area (Å²) >= 11 is 6.15. The Morgan fingerprint density at radius 2 is 1.88 bits per heavy atom. The number of alkyl halides is 4. The van der Waals surface area contributed by atoms with E-state index in [1.54, 1.807) is 23.0 Å². The summed E-state index contributed by atoms with van der Waals surface area (Å²) in [5.74, 6) is -0.333. The molecule has 0 aliphatic carbocycles. The lowest BCUT2D eigenvalue weighted by atomic mass is 10.1. The lowest BCUT2D eigenvalue weighted by Crippen LogP contribution is -2.20. The minimum Gasteiger partial charge on any atom is -0.308 e. The first kappa shape index (κ1) is 22.7. The third-order valence-corrected chi connectivity index (χ3v) is 5.25. The summed E-state index contributed by atoms with van der Waals surface area (Å²) in [7, 11) is 0. The van der Waals surface area contributed by atoms with Crippen LogP contribution in [0.1, 0.15) is 35.4 Å². The van der Waals surface area contributed by atoms with Crippen molar-refractivity contribution in [3.05, 3.63) is 70.1 Å². The zero-order valence-corrected chi connectivity index (χ0v) is 17.9. The zero-order chi connectivity index (χ0) is 23.7. The number of hydrogen-bond donors (Lipinski definition) is 1. The number of halogens is 5. The molecule has 1 aromatic carbocycles. The highest BCUT2D eigenvalue weighted by atomic mass is 35.5. The molecule has 0 saturated carbocycles. The molecule has 1 N–H and O–H groups in total. The maximum atomic E-state index is 13.5. The van der Waals surface area contributed by atoms with Gasteiger partial charge in [0.15, 0.2) is 11.5 Å². The first-order valence-electron chi connectivity index (χ1n) is 9.74. The third kappa shape index (κ3) is 4.82. The number of fused-ring (bicyclic) bond motifs is 1. The van der Waals surface area contributed by atoms with Gasteiger partial charge in [0.2, 0.25) is 5.91 Å². The highest BCUT2D eigenvalue weighted by Crippen LogP contribution is 2.32. The smallest absolute Gasteiger partial charge is 0.280 e. The van der Waals surface area contributed by atoms with E-state index >= 15 is 0 Å². The van der Waals surface area contributed by atoms with Crippen molar-refractivity contribution < 1.29 is 22.4 Å². The predicted molar refractivity (Wildman–Crippen MR) is 114 cm³/mol. The molecule has 0 spiro atoms. The Morgan fingerprint density at radius 3 is 2.58 bits per heavy atom. The molecule has 1 amide bonds. The second kappa shape index (κ2) is 9.18. The predicted octanol–water partition coefficient (Wildman–Crippen LogP) is 5.15. The number of hydrogen-bond acceptors (Lipinski definition) is 4. The molecule has 0 unspecified atom stereocenters. The van der Waals surface area contributed by atoms with E-state index in [-0.39, 0.29) is 22.5 Å². The number of nitrogens with zero attached hydrogens (tertiary/aromatic N) is 5. The van der Waals surface area contributed by atoms with Crippen LogP contribution in [0.5, 0.6) is 0 Å². The summed E-state index contributed by atoms with van der Waals surface area (Å²) < 4.78 is 55.9.